The van der Waals surface area contributed by atoms with Gasteiger partial charge in [-0.1, -0.05) is 47.0 Å². The van der Waals surface area contributed by atoms with Crippen molar-refractivity contribution < 1.29 is 19.5 Å². The lowest BCUT2D eigenvalue weighted by atomic mass is 9.79. The highest BCUT2D eigenvalue weighted by Crippen LogP contribution is 2.41. The SMILES string of the molecule is CC(C)(C)CC1CCCCC(CNC(=O)C2CCC(C)(C(=O)NC(C)(C)C)CCC2C(=O)O)C1. The summed E-state index contributed by atoms with van der Waals surface area (Å²) in [5.41, 5.74) is -0.694. The molecule has 2 aliphatic rings. The Bertz CT molecular complexity index is 721. The van der Waals surface area contributed by atoms with E-state index in [2.05, 4.69) is 31.4 Å². The van der Waals surface area contributed by atoms with Crippen molar-refractivity contribution in [3.8, 4) is 0 Å². The second kappa shape index (κ2) is 11.4. The molecule has 2 aliphatic carbocycles. The zero-order chi connectivity index (χ0) is 25.7. The molecule has 0 aromatic rings. The van der Waals surface area contributed by atoms with Crippen molar-refractivity contribution in [2.45, 2.75) is 118 Å². The molecule has 2 saturated carbocycles. The number of hydrogen-bond acceptors (Lipinski definition) is 3. The van der Waals surface area contributed by atoms with E-state index in [9.17, 15) is 19.5 Å². The number of hydrogen-bond donors (Lipinski definition) is 3. The number of carbonyl (C=O) groups excluding carboxylic acids is 2. The fraction of sp³-hybridized carbons (Fsp3) is 0.893. The summed E-state index contributed by atoms with van der Waals surface area (Å²) in [6.45, 7) is 15.3. The number of rotatable bonds is 6. The molecule has 6 nitrogen and oxygen atoms in total. The Hall–Kier alpha value is -1.59. The van der Waals surface area contributed by atoms with Gasteiger partial charge in [-0.05, 0) is 83.0 Å². The van der Waals surface area contributed by atoms with Gasteiger partial charge in [0.2, 0.25) is 11.8 Å². The van der Waals surface area contributed by atoms with Gasteiger partial charge in [0.1, 0.15) is 0 Å². The quantitative estimate of drug-likeness (QED) is 0.436. The molecule has 0 heterocycles. The maximum atomic E-state index is 13.2. The first kappa shape index (κ1) is 28.6. The number of aliphatic carboxylic acids is 1. The molecule has 0 radical (unpaired) electrons. The summed E-state index contributed by atoms with van der Waals surface area (Å²) in [4.78, 5) is 38.3. The molecule has 196 valence electrons. The van der Waals surface area contributed by atoms with Gasteiger partial charge in [0.05, 0.1) is 11.8 Å². The van der Waals surface area contributed by atoms with Crippen LogP contribution >= 0.6 is 0 Å². The van der Waals surface area contributed by atoms with Gasteiger partial charge in [-0.3, -0.25) is 14.4 Å². The first-order valence-corrected chi connectivity index (χ1v) is 13.4. The van der Waals surface area contributed by atoms with Crippen LogP contribution in [-0.4, -0.2) is 35.0 Å². The van der Waals surface area contributed by atoms with Gasteiger partial charge in [0, 0.05) is 17.5 Å². The minimum absolute atomic E-state index is 0.0476. The molecule has 3 N–H and O–H groups in total. The summed E-state index contributed by atoms with van der Waals surface area (Å²) in [6.07, 6.45) is 8.95. The van der Waals surface area contributed by atoms with E-state index in [4.69, 9.17) is 0 Å². The number of nitrogens with one attached hydrogen (secondary N) is 2. The fourth-order valence-corrected chi connectivity index (χ4v) is 5.99. The summed E-state index contributed by atoms with van der Waals surface area (Å²) in [5, 5.41) is 16.1. The van der Waals surface area contributed by atoms with Crippen molar-refractivity contribution in [3.05, 3.63) is 0 Å². The predicted octanol–water partition coefficient (Wildman–Crippen LogP) is 5.55. The molecule has 0 spiro atoms. The monoisotopic (exact) mass is 478 g/mol. The van der Waals surface area contributed by atoms with Crippen LogP contribution in [0, 0.1) is 34.5 Å². The third kappa shape index (κ3) is 8.88. The third-order valence-electron chi connectivity index (χ3n) is 7.80. The third-order valence-corrected chi connectivity index (χ3v) is 7.80. The molecule has 0 aliphatic heterocycles. The first-order valence-electron chi connectivity index (χ1n) is 13.4. The van der Waals surface area contributed by atoms with Gasteiger partial charge >= 0.3 is 5.97 Å². The van der Waals surface area contributed by atoms with Crippen LogP contribution in [-0.2, 0) is 14.4 Å². The van der Waals surface area contributed by atoms with Gasteiger partial charge in [-0.25, -0.2) is 0 Å². The number of carbonyl (C=O) groups is 3. The molecule has 34 heavy (non-hydrogen) atoms. The van der Waals surface area contributed by atoms with E-state index in [1.165, 1.54) is 25.7 Å². The minimum Gasteiger partial charge on any atom is -0.481 e. The van der Waals surface area contributed by atoms with Crippen LogP contribution in [0.25, 0.3) is 0 Å². The molecule has 0 aromatic carbocycles. The molecule has 5 unspecified atom stereocenters. The van der Waals surface area contributed by atoms with E-state index in [-0.39, 0.29) is 17.4 Å². The highest BCUT2D eigenvalue weighted by Gasteiger charge is 2.44. The van der Waals surface area contributed by atoms with E-state index in [0.29, 0.717) is 49.5 Å². The summed E-state index contributed by atoms with van der Waals surface area (Å²) in [7, 11) is 0. The Balaban J connectivity index is 2.02. The smallest absolute Gasteiger partial charge is 0.307 e. The summed E-state index contributed by atoms with van der Waals surface area (Å²) in [6, 6.07) is 0. The van der Waals surface area contributed by atoms with Crippen LogP contribution in [0.2, 0.25) is 0 Å². The highest BCUT2D eigenvalue weighted by molar-refractivity contribution is 5.86. The lowest BCUT2D eigenvalue weighted by Gasteiger charge is -2.31. The predicted molar refractivity (Wildman–Crippen MR) is 136 cm³/mol. The van der Waals surface area contributed by atoms with Crippen LogP contribution in [0.15, 0.2) is 0 Å². The fourth-order valence-electron chi connectivity index (χ4n) is 5.99. The van der Waals surface area contributed by atoms with Crippen molar-refractivity contribution in [2.75, 3.05) is 6.54 Å². The van der Waals surface area contributed by atoms with Crippen molar-refractivity contribution in [2.24, 2.45) is 34.5 Å². The van der Waals surface area contributed by atoms with Gasteiger partial charge < -0.3 is 15.7 Å². The zero-order valence-corrected chi connectivity index (χ0v) is 22.8. The van der Waals surface area contributed by atoms with E-state index in [1.807, 2.05) is 27.7 Å². The van der Waals surface area contributed by atoms with Crippen molar-refractivity contribution in [3.63, 3.8) is 0 Å². The Morgan fingerprint density at radius 2 is 1.44 bits per heavy atom. The van der Waals surface area contributed by atoms with Crippen molar-refractivity contribution in [1.82, 2.24) is 10.6 Å². The van der Waals surface area contributed by atoms with E-state index in [1.54, 1.807) is 0 Å². The minimum atomic E-state index is -0.930. The van der Waals surface area contributed by atoms with Gasteiger partial charge in [-0.15, -0.1) is 0 Å². The van der Waals surface area contributed by atoms with E-state index >= 15 is 0 Å². The van der Waals surface area contributed by atoms with Crippen LogP contribution < -0.4 is 10.6 Å². The van der Waals surface area contributed by atoms with Crippen LogP contribution in [0.5, 0.6) is 0 Å². The molecular formula is C28H50N2O4. The Labute approximate surface area is 207 Å². The molecule has 2 rings (SSSR count). The average molecular weight is 479 g/mol. The molecule has 0 saturated heterocycles. The Morgan fingerprint density at radius 1 is 0.882 bits per heavy atom. The largest absolute Gasteiger partial charge is 0.481 e. The molecule has 2 amide bonds. The zero-order valence-electron chi connectivity index (χ0n) is 22.8. The topological polar surface area (TPSA) is 95.5 Å². The lowest BCUT2D eigenvalue weighted by molar-refractivity contribution is -0.147. The summed E-state index contributed by atoms with van der Waals surface area (Å²) >= 11 is 0. The number of amides is 2. The molecular weight excluding hydrogens is 428 g/mol. The maximum Gasteiger partial charge on any atom is 0.307 e. The second-order valence-corrected chi connectivity index (χ2v) is 13.7. The molecule has 6 heteroatoms. The molecule has 5 atom stereocenters. The van der Waals surface area contributed by atoms with E-state index in [0.717, 1.165) is 12.8 Å². The first-order chi connectivity index (χ1) is 15.6. The van der Waals surface area contributed by atoms with Gasteiger partial charge in [-0.2, -0.15) is 0 Å². The second-order valence-electron chi connectivity index (χ2n) is 13.7. The Morgan fingerprint density at radius 3 is 1.97 bits per heavy atom. The normalized spacial score (nSPS) is 31.1. The molecule has 0 bridgehead atoms. The van der Waals surface area contributed by atoms with Gasteiger partial charge in [0.25, 0.3) is 0 Å². The molecule has 0 aromatic heterocycles. The van der Waals surface area contributed by atoms with Crippen molar-refractivity contribution >= 4 is 17.8 Å². The summed E-state index contributed by atoms with van der Waals surface area (Å²) in [5.74, 6) is -1.31. The van der Waals surface area contributed by atoms with Crippen LogP contribution in [0.3, 0.4) is 0 Å². The Kier molecular flexibility index (Phi) is 9.63. The standard InChI is InChI=1S/C28H50N2O4/c1-26(2,3)17-19-10-8-9-11-20(16-19)18-29-23(31)21-12-14-28(7,15-13-22(21)24(32)33)25(34)30-27(4,5)6/h19-22H,8-18H2,1-7H3,(H,29,31)(H,30,34)(H,32,33). The van der Waals surface area contributed by atoms with Crippen LogP contribution in [0.1, 0.15) is 113 Å². The summed E-state index contributed by atoms with van der Waals surface area (Å²) < 4.78 is 0. The van der Waals surface area contributed by atoms with Gasteiger partial charge in [0.15, 0.2) is 0 Å². The number of carboxylic acid groups (broad SMARTS) is 1. The van der Waals surface area contributed by atoms with Crippen LogP contribution in [0.4, 0.5) is 0 Å². The van der Waals surface area contributed by atoms with Crippen molar-refractivity contribution in [1.29, 1.82) is 0 Å². The molecule has 2 fully saturated rings. The highest BCUT2D eigenvalue weighted by atomic mass is 16.4. The average Bonchev–Trinajstić information content (AvgIpc) is 3.00. The number of carboxylic acids is 1. The maximum absolute atomic E-state index is 13.2. The van der Waals surface area contributed by atoms with E-state index < -0.39 is 23.2 Å². The lowest BCUT2D eigenvalue weighted by Crippen LogP contribution is -2.48.